The van der Waals surface area contributed by atoms with Crippen LogP contribution >= 0.6 is 0 Å². The van der Waals surface area contributed by atoms with Crippen molar-refractivity contribution in [3.05, 3.63) is 59.4 Å². The summed E-state index contributed by atoms with van der Waals surface area (Å²) in [5.74, 6) is -2.16. The molecule has 3 rings (SSSR count). The molecule has 20 heavy (non-hydrogen) atoms. The number of pyridine rings is 1. The van der Waals surface area contributed by atoms with Gasteiger partial charge in [-0.05, 0) is 30.3 Å². The van der Waals surface area contributed by atoms with Crippen LogP contribution in [-0.2, 0) is 0 Å². The fraction of sp³-hybridized carbons (Fsp3) is 0. The molecule has 2 amide bonds. The quantitative estimate of drug-likeness (QED) is 0.835. The second-order valence-electron chi connectivity index (χ2n) is 4.22. The van der Waals surface area contributed by atoms with Gasteiger partial charge in [0.05, 0.1) is 28.6 Å². The van der Waals surface area contributed by atoms with Gasteiger partial charge in [0, 0.05) is 6.20 Å². The van der Waals surface area contributed by atoms with Crippen LogP contribution in [0.25, 0.3) is 0 Å². The zero-order chi connectivity index (χ0) is 14.3. The van der Waals surface area contributed by atoms with Crippen molar-refractivity contribution in [2.24, 2.45) is 0 Å². The minimum absolute atomic E-state index is 0.0297. The Morgan fingerprint density at radius 1 is 1.10 bits per heavy atom. The van der Waals surface area contributed by atoms with Gasteiger partial charge in [0.2, 0.25) is 0 Å². The summed E-state index contributed by atoms with van der Waals surface area (Å²) >= 11 is 0. The highest BCUT2D eigenvalue weighted by atomic mass is 16.4. The van der Waals surface area contributed by atoms with Crippen molar-refractivity contribution in [2.45, 2.75) is 0 Å². The highest BCUT2D eigenvalue weighted by Gasteiger charge is 2.37. The zero-order valence-electron chi connectivity index (χ0n) is 10.1. The standard InChI is InChI=1S/C14H8N2O4/c17-12-10-4-3-8(14(19)20)6-11(10)13(18)16(12)9-2-1-5-15-7-9/h1-7H,(H,19,20). The predicted octanol–water partition coefficient (Wildman–Crippen LogP) is 1.58. The third-order valence-electron chi connectivity index (χ3n) is 3.04. The van der Waals surface area contributed by atoms with Crippen molar-refractivity contribution >= 4 is 23.5 Å². The van der Waals surface area contributed by atoms with E-state index >= 15 is 0 Å². The van der Waals surface area contributed by atoms with Gasteiger partial charge in [-0.2, -0.15) is 0 Å². The summed E-state index contributed by atoms with van der Waals surface area (Å²) < 4.78 is 0. The van der Waals surface area contributed by atoms with Crippen LogP contribution in [0.5, 0.6) is 0 Å². The lowest BCUT2D eigenvalue weighted by Gasteiger charge is -2.12. The summed E-state index contributed by atoms with van der Waals surface area (Å²) in [6.07, 6.45) is 2.93. The smallest absolute Gasteiger partial charge is 0.335 e. The lowest BCUT2D eigenvalue weighted by Crippen LogP contribution is -2.29. The molecule has 2 aromatic rings. The number of fused-ring (bicyclic) bond motifs is 1. The lowest BCUT2D eigenvalue weighted by molar-refractivity contribution is 0.0696. The molecule has 0 fully saturated rings. The number of rotatable bonds is 2. The molecule has 1 aromatic heterocycles. The van der Waals surface area contributed by atoms with Crippen LogP contribution in [0.15, 0.2) is 42.7 Å². The Labute approximate surface area is 113 Å². The fourth-order valence-corrected chi connectivity index (χ4v) is 2.09. The number of hydrogen-bond acceptors (Lipinski definition) is 4. The molecular weight excluding hydrogens is 260 g/mol. The third kappa shape index (κ3) is 1.66. The lowest BCUT2D eigenvalue weighted by atomic mass is 10.1. The molecule has 2 heterocycles. The normalized spacial score (nSPS) is 13.5. The summed E-state index contributed by atoms with van der Waals surface area (Å²) in [6.45, 7) is 0. The maximum absolute atomic E-state index is 12.3. The molecule has 1 aliphatic rings. The molecule has 0 bridgehead atoms. The number of amides is 2. The molecular formula is C14H8N2O4. The molecule has 1 aliphatic heterocycles. The zero-order valence-corrected chi connectivity index (χ0v) is 10.1. The minimum Gasteiger partial charge on any atom is -0.478 e. The van der Waals surface area contributed by atoms with E-state index in [0.29, 0.717) is 5.69 Å². The van der Waals surface area contributed by atoms with Crippen LogP contribution in [0.1, 0.15) is 31.1 Å². The maximum atomic E-state index is 12.3. The van der Waals surface area contributed by atoms with Crippen LogP contribution in [0, 0.1) is 0 Å². The molecule has 0 radical (unpaired) electrons. The Hall–Kier alpha value is -3.02. The van der Waals surface area contributed by atoms with Gasteiger partial charge in [-0.3, -0.25) is 14.6 Å². The van der Waals surface area contributed by atoms with Gasteiger partial charge in [-0.25, -0.2) is 9.69 Å². The number of imide groups is 1. The SMILES string of the molecule is O=C(O)c1ccc2c(c1)C(=O)N(c1cccnc1)C2=O. The summed E-state index contributed by atoms with van der Waals surface area (Å²) in [5.41, 5.74) is 0.621. The number of carboxylic acids is 1. The molecule has 0 unspecified atom stereocenters. The van der Waals surface area contributed by atoms with Crippen molar-refractivity contribution in [1.29, 1.82) is 0 Å². The fourth-order valence-electron chi connectivity index (χ4n) is 2.09. The topological polar surface area (TPSA) is 87.6 Å². The average Bonchev–Trinajstić information content (AvgIpc) is 2.71. The Balaban J connectivity index is 2.11. The Morgan fingerprint density at radius 3 is 2.50 bits per heavy atom. The number of carbonyl (C=O) groups excluding carboxylic acids is 2. The van der Waals surface area contributed by atoms with Gasteiger partial charge < -0.3 is 5.11 Å². The molecule has 1 N–H and O–H groups in total. The van der Waals surface area contributed by atoms with Gasteiger partial charge in [0.15, 0.2) is 0 Å². The Bertz CT molecular complexity index is 740. The first kappa shape index (κ1) is 12.0. The maximum Gasteiger partial charge on any atom is 0.335 e. The minimum atomic E-state index is -1.15. The molecule has 0 spiro atoms. The molecule has 1 aromatic carbocycles. The first-order valence-electron chi connectivity index (χ1n) is 5.76. The highest BCUT2D eigenvalue weighted by molar-refractivity contribution is 6.34. The molecule has 0 saturated heterocycles. The van der Waals surface area contributed by atoms with Gasteiger partial charge in [0.1, 0.15) is 0 Å². The molecule has 0 aliphatic carbocycles. The number of carboxylic acid groups (broad SMARTS) is 1. The van der Waals surface area contributed by atoms with Gasteiger partial charge >= 0.3 is 5.97 Å². The number of aromatic nitrogens is 1. The van der Waals surface area contributed by atoms with E-state index in [1.807, 2.05) is 0 Å². The van der Waals surface area contributed by atoms with Crippen molar-refractivity contribution in [3.63, 3.8) is 0 Å². The first-order valence-corrected chi connectivity index (χ1v) is 5.76. The summed E-state index contributed by atoms with van der Waals surface area (Å²) in [6, 6.07) is 7.08. The second kappa shape index (κ2) is 4.27. The van der Waals surface area contributed by atoms with Gasteiger partial charge in [-0.1, -0.05) is 0 Å². The van der Waals surface area contributed by atoms with Crippen LogP contribution in [0.4, 0.5) is 5.69 Å². The van der Waals surface area contributed by atoms with Crippen molar-refractivity contribution < 1.29 is 19.5 Å². The van der Waals surface area contributed by atoms with E-state index in [0.717, 1.165) is 4.90 Å². The summed E-state index contributed by atoms with van der Waals surface area (Å²) in [7, 11) is 0. The van der Waals surface area contributed by atoms with Crippen LogP contribution < -0.4 is 4.90 Å². The van der Waals surface area contributed by atoms with E-state index in [1.165, 1.54) is 30.6 Å². The number of hydrogen-bond donors (Lipinski definition) is 1. The third-order valence-corrected chi connectivity index (χ3v) is 3.04. The van der Waals surface area contributed by atoms with Crippen molar-refractivity contribution in [3.8, 4) is 0 Å². The molecule has 0 saturated carbocycles. The predicted molar refractivity (Wildman–Crippen MR) is 68.8 cm³/mol. The van der Waals surface area contributed by atoms with Crippen LogP contribution in [-0.4, -0.2) is 27.9 Å². The second-order valence-corrected chi connectivity index (χ2v) is 4.22. The molecule has 6 heteroatoms. The van der Waals surface area contributed by atoms with Crippen molar-refractivity contribution in [2.75, 3.05) is 4.90 Å². The van der Waals surface area contributed by atoms with Crippen LogP contribution in [0.3, 0.4) is 0 Å². The summed E-state index contributed by atoms with van der Waals surface area (Å²) in [5, 5.41) is 8.93. The van der Waals surface area contributed by atoms with Gasteiger partial charge in [-0.15, -0.1) is 0 Å². The van der Waals surface area contributed by atoms with E-state index in [1.54, 1.807) is 12.1 Å². The molecule has 0 atom stereocenters. The average molecular weight is 268 g/mol. The first-order chi connectivity index (χ1) is 9.59. The number of nitrogens with zero attached hydrogens (tertiary/aromatic N) is 2. The highest BCUT2D eigenvalue weighted by Crippen LogP contribution is 2.28. The van der Waals surface area contributed by atoms with E-state index in [2.05, 4.69) is 4.98 Å². The van der Waals surface area contributed by atoms with Crippen molar-refractivity contribution in [1.82, 2.24) is 4.98 Å². The van der Waals surface area contributed by atoms with E-state index in [9.17, 15) is 14.4 Å². The van der Waals surface area contributed by atoms with E-state index in [4.69, 9.17) is 5.11 Å². The molecule has 6 nitrogen and oxygen atoms in total. The van der Waals surface area contributed by atoms with Gasteiger partial charge in [0.25, 0.3) is 11.8 Å². The summed E-state index contributed by atoms with van der Waals surface area (Å²) in [4.78, 5) is 40.3. The van der Waals surface area contributed by atoms with Crippen LogP contribution in [0.2, 0.25) is 0 Å². The largest absolute Gasteiger partial charge is 0.478 e. The Morgan fingerprint density at radius 2 is 1.85 bits per heavy atom. The number of benzene rings is 1. The molecule has 98 valence electrons. The monoisotopic (exact) mass is 268 g/mol. The van der Waals surface area contributed by atoms with E-state index in [-0.39, 0.29) is 16.7 Å². The van der Waals surface area contributed by atoms with E-state index < -0.39 is 17.8 Å². The number of aromatic carboxylic acids is 1. The number of carbonyl (C=O) groups is 3. The Kier molecular flexibility index (Phi) is 2.57. The number of anilines is 1.